The summed E-state index contributed by atoms with van der Waals surface area (Å²) < 4.78 is 0. The van der Waals surface area contributed by atoms with E-state index in [0.717, 1.165) is 23.1 Å². The van der Waals surface area contributed by atoms with E-state index >= 15 is 0 Å². The maximum Gasteiger partial charge on any atom is 0.129 e. The lowest BCUT2D eigenvalue weighted by Gasteiger charge is -2.08. The fourth-order valence-electron chi connectivity index (χ4n) is 1.40. The SMILES string of the molecule is CCNc1ncccc1CSc1ccncn1. The molecule has 0 aliphatic carbocycles. The predicted octanol–water partition coefficient (Wildman–Crippen LogP) is 2.60. The van der Waals surface area contributed by atoms with Crippen LogP contribution < -0.4 is 5.32 Å². The summed E-state index contributed by atoms with van der Waals surface area (Å²) in [6.07, 6.45) is 5.12. The lowest BCUT2D eigenvalue weighted by atomic mass is 10.3. The van der Waals surface area contributed by atoms with Crippen LogP contribution in [-0.2, 0) is 5.75 Å². The minimum absolute atomic E-state index is 0.854. The highest BCUT2D eigenvalue weighted by atomic mass is 32.2. The fourth-order valence-corrected chi connectivity index (χ4v) is 2.21. The van der Waals surface area contributed by atoms with Crippen molar-refractivity contribution in [2.45, 2.75) is 17.7 Å². The van der Waals surface area contributed by atoms with E-state index in [9.17, 15) is 0 Å². The van der Waals surface area contributed by atoms with Crippen molar-refractivity contribution >= 4 is 17.6 Å². The molecule has 0 spiro atoms. The molecular weight excluding hydrogens is 232 g/mol. The Morgan fingerprint density at radius 2 is 2.18 bits per heavy atom. The molecule has 1 N–H and O–H groups in total. The van der Waals surface area contributed by atoms with Gasteiger partial charge in [-0.1, -0.05) is 6.07 Å². The molecule has 17 heavy (non-hydrogen) atoms. The van der Waals surface area contributed by atoms with Crippen LogP contribution in [0.2, 0.25) is 0 Å². The van der Waals surface area contributed by atoms with Gasteiger partial charge in [0, 0.05) is 30.3 Å². The van der Waals surface area contributed by atoms with Crippen molar-refractivity contribution in [1.82, 2.24) is 15.0 Å². The molecule has 2 rings (SSSR count). The van der Waals surface area contributed by atoms with Crippen molar-refractivity contribution in [2.75, 3.05) is 11.9 Å². The number of hydrogen-bond donors (Lipinski definition) is 1. The first-order valence-corrected chi connectivity index (χ1v) is 6.45. The molecule has 0 saturated heterocycles. The quantitative estimate of drug-likeness (QED) is 0.649. The Morgan fingerprint density at radius 1 is 1.24 bits per heavy atom. The summed E-state index contributed by atoms with van der Waals surface area (Å²) in [4.78, 5) is 12.4. The summed E-state index contributed by atoms with van der Waals surface area (Å²) in [6, 6.07) is 5.95. The van der Waals surface area contributed by atoms with E-state index in [0.29, 0.717) is 0 Å². The van der Waals surface area contributed by atoms with E-state index in [1.807, 2.05) is 12.1 Å². The Hall–Kier alpha value is -1.62. The van der Waals surface area contributed by atoms with Crippen molar-refractivity contribution in [1.29, 1.82) is 0 Å². The number of nitrogens with one attached hydrogen (secondary N) is 1. The van der Waals surface area contributed by atoms with Gasteiger partial charge in [-0.05, 0) is 19.1 Å². The second-order valence-corrected chi connectivity index (χ2v) is 4.37. The topological polar surface area (TPSA) is 50.7 Å². The van der Waals surface area contributed by atoms with Crippen LogP contribution in [0.15, 0.2) is 41.9 Å². The van der Waals surface area contributed by atoms with Gasteiger partial charge in [-0.25, -0.2) is 15.0 Å². The van der Waals surface area contributed by atoms with Gasteiger partial charge in [0.1, 0.15) is 12.1 Å². The first-order chi connectivity index (χ1) is 8.40. The van der Waals surface area contributed by atoms with Crippen LogP contribution in [0.4, 0.5) is 5.82 Å². The third-order valence-electron chi connectivity index (χ3n) is 2.17. The average Bonchev–Trinajstić information content (AvgIpc) is 2.39. The zero-order valence-corrected chi connectivity index (χ0v) is 10.4. The monoisotopic (exact) mass is 246 g/mol. The molecule has 0 saturated carbocycles. The number of rotatable bonds is 5. The standard InChI is InChI=1S/C12H14N4S/c1-2-14-12-10(4-3-6-15-12)8-17-11-5-7-13-9-16-11/h3-7,9H,2,8H2,1H3,(H,14,15). The summed E-state index contributed by atoms with van der Waals surface area (Å²) in [5.74, 6) is 1.81. The van der Waals surface area contributed by atoms with Gasteiger partial charge in [0.25, 0.3) is 0 Å². The molecule has 2 aromatic rings. The number of nitrogens with zero attached hydrogens (tertiary/aromatic N) is 3. The van der Waals surface area contributed by atoms with Gasteiger partial charge in [0.2, 0.25) is 0 Å². The molecular formula is C12H14N4S. The highest BCUT2D eigenvalue weighted by molar-refractivity contribution is 7.98. The van der Waals surface area contributed by atoms with E-state index in [1.165, 1.54) is 5.56 Å². The van der Waals surface area contributed by atoms with E-state index < -0.39 is 0 Å². The van der Waals surface area contributed by atoms with Crippen LogP contribution >= 0.6 is 11.8 Å². The summed E-state index contributed by atoms with van der Waals surface area (Å²) in [6.45, 7) is 2.94. The van der Waals surface area contributed by atoms with Gasteiger partial charge in [-0.2, -0.15) is 0 Å². The molecule has 0 amide bonds. The first-order valence-electron chi connectivity index (χ1n) is 5.46. The summed E-state index contributed by atoms with van der Waals surface area (Å²) in [7, 11) is 0. The maximum atomic E-state index is 4.32. The van der Waals surface area contributed by atoms with Gasteiger partial charge in [0.05, 0.1) is 5.03 Å². The molecule has 0 atom stereocenters. The maximum absolute atomic E-state index is 4.32. The molecule has 0 radical (unpaired) electrons. The highest BCUT2D eigenvalue weighted by Gasteiger charge is 2.03. The van der Waals surface area contributed by atoms with E-state index in [4.69, 9.17) is 0 Å². The Bertz CT molecular complexity index is 461. The zero-order valence-electron chi connectivity index (χ0n) is 9.63. The Labute approximate surface area is 105 Å². The van der Waals surface area contributed by atoms with Crippen LogP contribution in [0.1, 0.15) is 12.5 Å². The number of aromatic nitrogens is 3. The molecule has 88 valence electrons. The Balaban J connectivity index is 2.03. The Kier molecular flexibility index (Phi) is 4.32. The van der Waals surface area contributed by atoms with E-state index in [2.05, 4.69) is 33.3 Å². The largest absolute Gasteiger partial charge is 0.370 e. The lowest BCUT2D eigenvalue weighted by Crippen LogP contribution is -2.02. The van der Waals surface area contributed by atoms with Crippen molar-refractivity contribution < 1.29 is 0 Å². The van der Waals surface area contributed by atoms with Gasteiger partial charge < -0.3 is 5.32 Å². The molecule has 2 aromatic heterocycles. The van der Waals surface area contributed by atoms with E-state index in [1.54, 1.807) is 30.5 Å². The van der Waals surface area contributed by atoms with Crippen molar-refractivity contribution in [3.8, 4) is 0 Å². The van der Waals surface area contributed by atoms with Crippen LogP contribution in [0.5, 0.6) is 0 Å². The molecule has 4 nitrogen and oxygen atoms in total. The third-order valence-corrected chi connectivity index (χ3v) is 3.16. The summed E-state index contributed by atoms with van der Waals surface area (Å²) in [5, 5.41) is 4.23. The van der Waals surface area contributed by atoms with Crippen LogP contribution in [-0.4, -0.2) is 21.5 Å². The van der Waals surface area contributed by atoms with Gasteiger partial charge in [-0.3, -0.25) is 0 Å². The van der Waals surface area contributed by atoms with Gasteiger partial charge >= 0.3 is 0 Å². The number of anilines is 1. The molecule has 0 bridgehead atoms. The molecule has 0 unspecified atom stereocenters. The smallest absolute Gasteiger partial charge is 0.129 e. The highest BCUT2D eigenvalue weighted by Crippen LogP contribution is 2.23. The second kappa shape index (κ2) is 6.20. The van der Waals surface area contributed by atoms with Gasteiger partial charge in [-0.15, -0.1) is 11.8 Å². The van der Waals surface area contributed by atoms with Crippen molar-refractivity contribution in [2.24, 2.45) is 0 Å². The van der Waals surface area contributed by atoms with Crippen molar-refractivity contribution in [3.05, 3.63) is 42.5 Å². The Morgan fingerprint density at radius 3 is 2.94 bits per heavy atom. The second-order valence-electron chi connectivity index (χ2n) is 3.38. The molecule has 0 aliphatic rings. The molecule has 0 aliphatic heterocycles. The summed E-state index contributed by atoms with van der Waals surface area (Å²) >= 11 is 1.68. The minimum Gasteiger partial charge on any atom is -0.370 e. The normalized spacial score (nSPS) is 10.2. The average molecular weight is 246 g/mol. The molecule has 2 heterocycles. The van der Waals surface area contributed by atoms with Crippen molar-refractivity contribution in [3.63, 3.8) is 0 Å². The molecule has 0 aromatic carbocycles. The summed E-state index contributed by atoms with van der Waals surface area (Å²) in [5.41, 5.74) is 1.19. The first kappa shape index (κ1) is 11.9. The van der Waals surface area contributed by atoms with Crippen LogP contribution in [0.25, 0.3) is 0 Å². The van der Waals surface area contributed by atoms with Gasteiger partial charge in [0.15, 0.2) is 0 Å². The molecule has 0 fully saturated rings. The minimum atomic E-state index is 0.854. The fraction of sp³-hybridized carbons (Fsp3) is 0.250. The predicted molar refractivity (Wildman–Crippen MR) is 70.0 cm³/mol. The third kappa shape index (κ3) is 3.42. The lowest BCUT2D eigenvalue weighted by molar-refractivity contribution is 1.04. The number of hydrogen-bond acceptors (Lipinski definition) is 5. The molecule has 5 heteroatoms. The van der Waals surface area contributed by atoms with Crippen LogP contribution in [0, 0.1) is 0 Å². The zero-order chi connectivity index (χ0) is 11.9. The number of thioether (sulfide) groups is 1. The van der Waals surface area contributed by atoms with Crippen LogP contribution in [0.3, 0.4) is 0 Å². The van der Waals surface area contributed by atoms with E-state index in [-0.39, 0.29) is 0 Å². The number of pyridine rings is 1.